The SMILES string of the molecule is COC(=O)C(Nc1ccccc1Br)c1ccccc1. The standard InChI is InChI=1S/C15H14BrNO2/c1-19-15(18)14(11-7-3-2-4-8-11)17-13-10-6-5-9-12(13)16/h2-10,14,17H,1H3. The quantitative estimate of drug-likeness (QED) is 0.872. The Balaban J connectivity index is 2.30. The lowest BCUT2D eigenvalue weighted by atomic mass is 10.1. The number of carbonyl (C=O) groups is 1. The van der Waals surface area contributed by atoms with Gasteiger partial charge in [-0.1, -0.05) is 42.5 Å². The number of benzene rings is 2. The first-order chi connectivity index (χ1) is 9.22. The molecule has 0 radical (unpaired) electrons. The summed E-state index contributed by atoms with van der Waals surface area (Å²) in [6, 6.07) is 16.6. The van der Waals surface area contributed by atoms with E-state index in [0.29, 0.717) is 0 Å². The summed E-state index contributed by atoms with van der Waals surface area (Å²) < 4.78 is 5.76. The number of methoxy groups -OCH3 is 1. The lowest BCUT2D eigenvalue weighted by Gasteiger charge is -2.18. The Labute approximate surface area is 120 Å². The highest BCUT2D eigenvalue weighted by atomic mass is 79.9. The maximum Gasteiger partial charge on any atom is 0.332 e. The van der Waals surface area contributed by atoms with E-state index in [1.54, 1.807) is 0 Å². The minimum absolute atomic E-state index is 0.318. The molecule has 1 N–H and O–H groups in total. The van der Waals surface area contributed by atoms with Gasteiger partial charge >= 0.3 is 5.97 Å². The number of carbonyl (C=O) groups excluding carboxylic acids is 1. The van der Waals surface area contributed by atoms with Crippen LogP contribution in [-0.2, 0) is 9.53 Å². The van der Waals surface area contributed by atoms with Crippen LogP contribution in [0.1, 0.15) is 11.6 Å². The van der Waals surface area contributed by atoms with Crippen molar-refractivity contribution in [3.63, 3.8) is 0 Å². The van der Waals surface area contributed by atoms with Gasteiger partial charge in [0.1, 0.15) is 0 Å². The normalized spacial score (nSPS) is 11.7. The summed E-state index contributed by atoms with van der Waals surface area (Å²) in [4.78, 5) is 11.9. The molecule has 2 aromatic rings. The molecule has 0 aromatic heterocycles. The molecular formula is C15H14BrNO2. The Morgan fingerprint density at radius 2 is 1.74 bits per heavy atom. The lowest BCUT2D eigenvalue weighted by molar-refractivity contribution is -0.141. The van der Waals surface area contributed by atoms with Gasteiger partial charge in [-0.15, -0.1) is 0 Å². The number of para-hydroxylation sites is 1. The number of ether oxygens (including phenoxy) is 1. The van der Waals surface area contributed by atoms with E-state index in [-0.39, 0.29) is 5.97 Å². The molecule has 1 atom stereocenters. The van der Waals surface area contributed by atoms with Gasteiger partial charge in [0, 0.05) is 10.2 Å². The number of nitrogens with one attached hydrogen (secondary N) is 1. The highest BCUT2D eigenvalue weighted by molar-refractivity contribution is 9.10. The van der Waals surface area contributed by atoms with Crippen LogP contribution in [0.3, 0.4) is 0 Å². The molecule has 98 valence electrons. The van der Waals surface area contributed by atoms with E-state index in [1.165, 1.54) is 7.11 Å². The third-order valence-electron chi connectivity index (χ3n) is 2.74. The summed E-state index contributed by atoms with van der Waals surface area (Å²) >= 11 is 3.45. The molecule has 0 aliphatic carbocycles. The molecule has 4 heteroatoms. The molecule has 0 amide bonds. The van der Waals surface area contributed by atoms with Crippen LogP contribution in [-0.4, -0.2) is 13.1 Å². The third kappa shape index (κ3) is 3.35. The van der Waals surface area contributed by atoms with Crippen molar-refractivity contribution in [3.05, 3.63) is 64.6 Å². The van der Waals surface area contributed by atoms with E-state index in [0.717, 1.165) is 15.7 Å². The molecule has 1 unspecified atom stereocenters. The molecule has 0 aliphatic heterocycles. The van der Waals surface area contributed by atoms with Crippen molar-refractivity contribution in [2.24, 2.45) is 0 Å². The summed E-state index contributed by atoms with van der Waals surface area (Å²) in [6.07, 6.45) is 0. The molecule has 3 nitrogen and oxygen atoms in total. The topological polar surface area (TPSA) is 38.3 Å². The average Bonchev–Trinajstić information content (AvgIpc) is 2.46. The van der Waals surface area contributed by atoms with Gasteiger partial charge in [-0.05, 0) is 33.6 Å². The Hall–Kier alpha value is -1.81. The highest BCUT2D eigenvalue weighted by Crippen LogP contribution is 2.26. The highest BCUT2D eigenvalue weighted by Gasteiger charge is 2.21. The molecule has 2 aromatic carbocycles. The monoisotopic (exact) mass is 319 g/mol. The van der Waals surface area contributed by atoms with E-state index in [1.807, 2.05) is 54.6 Å². The van der Waals surface area contributed by atoms with Gasteiger partial charge in [-0.25, -0.2) is 4.79 Å². The van der Waals surface area contributed by atoms with Gasteiger partial charge in [0.05, 0.1) is 7.11 Å². The molecule has 0 saturated carbocycles. The number of hydrogen-bond acceptors (Lipinski definition) is 3. The number of rotatable bonds is 4. The average molecular weight is 320 g/mol. The van der Waals surface area contributed by atoms with Crippen molar-refractivity contribution in [2.45, 2.75) is 6.04 Å². The second-order valence-corrected chi connectivity index (χ2v) is 4.85. The van der Waals surface area contributed by atoms with Crippen LogP contribution in [0, 0.1) is 0 Å². The smallest absolute Gasteiger partial charge is 0.332 e. The molecule has 0 fully saturated rings. The van der Waals surface area contributed by atoms with E-state index in [9.17, 15) is 4.79 Å². The number of anilines is 1. The van der Waals surface area contributed by atoms with E-state index in [4.69, 9.17) is 4.74 Å². The van der Waals surface area contributed by atoms with Crippen molar-refractivity contribution in [2.75, 3.05) is 12.4 Å². The predicted molar refractivity (Wildman–Crippen MR) is 79.0 cm³/mol. The van der Waals surface area contributed by atoms with Gasteiger partial charge in [0.25, 0.3) is 0 Å². The molecule has 0 saturated heterocycles. The molecule has 0 bridgehead atoms. The molecule has 0 aliphatic rings. The van der Waals surface area contributed by atoms with Gasteiger partial charge in [-0.3, -0.25) is 0 Å². The van der Waals surface area contributed by atoms with Gasteiger partial charge in [0.2, 0.25) is 0 Å². The summed E-state index contributed by atoms with van der Waals surface area (Å²) in [5.41, 5.74) is 1.71. The zero-order chi connectivity index (χ0) is 13.7. The Morgan fingerprint density at radius 1 is 1.11 bits per heavy atom. The first-order valence-corrected chi connectivity index (χ1v) is 6.65. The Bertz CT molecular complexity index is 557. The number of hydrogen-bond donors (Lipinski definition) is 1. The second kappa shape index (κ2) is 6.38. The fourth-order valence-electron chi connectivity index (χ4n) is 1.78. The van der Waals surface area contributed by atoms with E-state index < -0.39 is 6.04 Å². The fourth-order valence-corrected chi connectivity index (χ4v) is 2.17. The van der Waals surface area contributed by atoms with Crippen LogP contribution in [0.25, 0.3) is 0 Å². The first kappa shape index (κ1) is 13.6. The lowest BCUT2D eigenvalue weighted by Crippen LogP contribution is -2.22. The molecule has 0 spiro atoms. The molecular weight excluding hydrogens is 306 g/mol. The maximum absolute atomic E-state index is 11.9. The van der Waals surface area contributed by atoms with Crippen molar-refractivity contribution in [1.29, 1.82) is 0 Å². The van der Waals surface area contributed by atoms with Crippen LogP contribution in [0.4, 0.5) is 5.69 Å². The summed E-state index contributed by atoms with van der Waals surface area (Å²) in [5.74, 6) is -0.318. The van der Waals surface area contributed by atoms with Crippen molar-refractivity contribution >= 4 is 27.6 Å². The van der Waals surface area contributed by atoms with Gasteiger partial charge in [-0.2, -0.15) is 0 Å². The van der Waals surface area contributed by atoms with Crippen molar-refractivity contribution in [3.8, 4) is 0 Å². The minimum Gasteiger partial charge on any atom is -0.467 e. The zero-order valence-corrected chi connectivity index (χ0v) is 12.1. The van der Waals surface area contributed by atoms with Crippen molar-refractivity contribution < 1.29 is 9.53 Å². The zero-order valence-electron chi connectivity index (χ0n) is 10.5. The van der Waals surface area contributed by atoms with Crippen molar-refractivity contribution in [1.82, 2.24) is 0 Å². The summed E-state index contributed by atoms with van der Waals surface area (Å²) in [6.45, 7) is 0. The van der Waals surface area contributed by atoms with E-state index in [2.05, 4.69) is 21.2 Å². The second-order valence-electron chi connectivity index (χ2n) is 3.99. The van der Waals surface area contributed by atoms with Crippen LogP contribution >= 0.6 is 15.9 Å². The molecule has 0 heterocycles. The number of esters is 1. The Kier molecular flexibility index (Phi) is 4.58. The number of halogens is 1. The van der Waals surface area contributed by atoms with E-state index >= 15 is 0 Å². The summed E-state index contributed by atoms with van der Waals surface area (Å²) in [7, 11) is 1.39. The van der Waals surface area contributed by atoms with Crippen LogP contribution in [0.15, 0.2) is 59.1 Å². The molecule has 19 heavy (non-hydrogen) atoms. The van der Waals surface area contributed by atoms with Gasteiger partial charge < -0.3 is 10.1 Å². The Morgan fingerprint density at radius 3 is 2.37 bits per heavy atom. The maximum atomic E-state index is 11.9. The largest absolute Gasteiger partial charge is 0.467 e. The van der Waals surface area contributed by atoms with Crippen LogP contribution in [0.5, 0.6) is 0 Å². The molecule has 2 rings (SSSR count). The fraction of sp³-hybridized carbons (Fsp3) is 0.133. The minimum atomic E-state index is -0.523. The predicted octanol–water partition coefficient (Wildman–Crippen LogP) is 3.78. The third-order valence-corrected chi connectivity index (χ3v) is 3.43. The van der Waals surface area contributed by atoms with Gasteiger partial charge in [0.15, 0.2) is 6.04 Å². The first-order valence-electron chi connectivity index (χ1n) is 5.86. The summed E-state index contributed by atoms with van der Waals surface area (Å²) in [5, 5.41) is 3.19. The van der Waals surface area contributed by atoms with Crippen LogP contribution < -0.4 is 5.32 Å². The van der Waals surface area contributed by atoms with Crippen LogP contribution in [0.2, 0.25) is 0 Å².